The molecule has 0 unspecified atom stereocenters. The Bertz CT molecular complexity index is 656. The fraction of sp³-hybridized carbons (Fsp3) is 0.478. The van der Waals surface area contributed by atoms with Gasteiger partial charge in [0.05, 0.1) is 11.4 Å². The molecule has 4 heteroatoms. The van der Waals surface area contributed by atoms with Crippen molar-refractivity contribution < 1.29 is 18.9 Å². The zero-order valence-electron chi connectivity index (χ0n) is 17.4. The maximum Gasteiger partial charge on any atom is 1.00 e. The largest absolute Gasteiger partial charge is 1.00 e. The fourth-order valence-corrected chi connectivity index (χ4v) is 3.69. The van der Waals surface area contributed by atoms with E-state index in [0.29, 0.717) is 0 Å². The molecule has 1 fully saturated rings. The summed E-state index contributed by atoms with van der Waals surface area (Å²) < 4.78 is 2.20. The maximum atomic E-state index is 4.74. The molecule has 1 aliphatic carbocycles. The molecule has 27 heavy (non-hydrogen) atoms. The van der Waals surface area contributed by atoms with Gasteiger partial charge in [-0.3, -0.25) is 4.68 Å². The molecule has 1 aromatic carbocycles. The van der Waals surface area contributed by atoms with Crippen molar-refractivity contribution in [3.05, 3.63) is 49.5 Å². The molecule has 0 amide bonds. The van der Waals surface area contributed by atoms with Gasteiger partial charge < -0.3 is 6.92 Å². The van der Waals surface area contributed by atoms with Crippen LogP contribution < -0.4 is 18.9 Å². The third kappa shape index (κ3) is 7.57. The number of benzene rings is 1. The van der Waals surface area contributed by atoms with Crippen LogP contribution in [0.1, 0.15) is 57.6 Å². The predicted octanol–water partition coefficient (Wildman–Crippen LogP) is 4.12. The Morgan fingerprint density at radius 2 is 1.85 bits per heavy atom. The summed E-state index contributed by atoms with van der Waals surface area (Å²) in [6.45, 7) is 10.6. The van der Waals surface area contributed by atoms with Gasteiger partial charge in [0.15, 0.2) is 0 Å². The van der Waals surface area contributed by atoms with E-state index in [4.69, 9.17) is 5.10 Å². The number of hydrogen-bond acceptors (Lipinski definition) is 2. The van der Waals surface area contributed by atoms with E-state index in [-0.39, 0.29) is 18.9 Å². The first-order valence-electron chi connectivity index (χ1n) is 9.85. The van der Waals surface area contributed by atoms with Crippen molar-refractivity contribution in [2.24, 2.45) is 5.92 Å². The fourth-order valence-electron chi connectivity index (χ4n) is 3.28. The Morgan fingerprint density at radius 1 is 1.22 bits per heavy atom. The number of thioether (sulfide) groups is 1. The van der Waals surface area contributed by atoms with Gasteiger partial charge >= 0.3 is 18.9 Å². The minimum atomic E-state index is 0. The van der Waals surface area contributed by atoms with Crippen LogP contribution >= 0.6 is 11.8 Å². The third-order valence-corrected chi connectivity index (χ3v) is 5.65. The molecule has 142 valence electrons. The van der Waals surface area contributed by atoms with Gasteiger partial charge in [0.25, 0.3) is 0 Å². The molecule has 0 saturated heterocycles. The second-order valence-corrected chi connectivity index (χ2v) is 7.81. The van der Waals surface area contributed by atoms with Gasteiger partial charge in [0, 0.05) is 11.4 Å². The van der Waals surface area contributed by atoms with Crippen LogP contribution in [-0.2, 0) is 6.54 Å². The number of nitrogens with zero attached hydrogens (tertiary/aromatic N) is 2. The Kier molecular flexibility index (Phi) is 11.9. The predicted molar refractivity (Wildman–Crippen MR) is 116 cm³/mol. The number of hydrogen-bond donors (Lipinski definition) is 0. The Labute approximate surface area is 182 Å². The molecule has 1 saturated carbocycles. The first kappa shape index (κ1) is 24.2. The topological polar surface area (TPSA) is 17.8 Å². The molecule has 2 aromatic rings. The van der Waals surface area contributed by atoms with E-state index in [9.17, 15) is 0 Å². The van der Waals surface area contributed by atoms with Gasteiger partial charge in [-0.2, -0.15) is 11.5 Å². The normalized spacial score (nSPS) is 14.0. The molecule has 0 bridgehead atoms. The summed E-state index contributed by atoms with van der Waals surface area (Å²) in [5.41, 5.74) is 3.43. The van der Waals surface area contributed by atoms with Crippen molar-refractivity contribution >= 4 is 17.8 Å². The molecular formula is C23H33LiN2S. The van der Waals surface area contributed by atoms with Crippen molar-refractivity contribution in [1.29, 1.82) is 0 Å². The first-order chi connectivity index (χ1) is 12.7. The van der Waals surface area contributed by atoms with E-state index >= 15 is 0 Å². The van der Waals surface area contributed by atoms with Crippen molar-refractivity contribution in [2.45, 2.75) is 63.3 Å². The van der Waals surface area contributed by atoms with Gasteiger partial charge in [-0.1, -0.05) is 51.3 Å². The molecule has 0 atom stereocenters. The molecule has 1 aliphatic rings. The minimum absolute atomic E-state index is 0. The Balaban J connectivity index is 0.000000666. The smallest absolute Gasteiger partial charge is 0.343 e. The van der Waals surface area contributed by atoms with Crippen LogP contribution in [-0.4, -0.2) is 16.0 Å². The van der Waals surface area contributed by atoms with Gasteiger partial charge in [0.2, 0.25) is 0 Å². The van der Waals surface area contributed by atoms with Crippen LogP contribution in [0.5, 0.6) is 0 Å². The van der Waals surface area contributed by atoms with E-state index in [1.807, 2.05) is 6.08 Å². The number of unbranched alkanes of at least 4 members (excludes halogenated alkanes) is 1. The van der Waals surface area contributed by atoms with Gasteiger partial charge in [-0.15, -0.1) is 11.8 Å². The summed E-state index contributed by atoms with van der Waals surface area (Å²) in [4.78, 5) is 1.30. The van der Waals surface area contributed by atoms with Gasteiger partial charge in [0.1, 0.15) is 0 Å². The molecule has 1 aromatic heterocycles. The van der Waals surface area contributed by atoms with Gasteiger partial charge in [-0.05, 0) is 54.9 Å². The molecule has 0 N–H and O–H groups in total. The Hall–Kier alpha value is -0.883. The average molecular weight is 377 g/mol. The quantitative estimate of drug-likeness (QED) is 0.429. The third-order valence-electron chi connectivity index (χ3n) is 4.90. The van der Waals surface area contributed by atoms with Gasteiger partial charge in [-0.25, -0.2) is 0 Å². The zero-order valence-corrected chi connectivity index (χ0v) is 18.2. The summed E-state index contributed by atoms with van der Waals surface area (Å²) in [6.07, 6.45) is 13.1. The van der Waals surface area contributed by atoms with Crippen molar-refractivity contribution in [3.8, 4) is 11.3 Å². The summed E-state index contributed by atoms with van der Waals surface area (Å²) >= 11 is 1.78. The molecule has 1 heterocycles. The van der Waals surface area contributed by atoms with Crippen LogP contribution in [0.2, 0.25) is 0 Å². The number of rotatable bonds is 6. The van der Waals surface area contributed by atoms with E-state index in [0.717, 1.165) is 24.6 Å². The second-order valence-electron chi connectivity index (χ2n) is 6.93. The van der Waals surface area contributed by atoms with E-state index < -0.39 is 0 Å². The van der Waals surface area contributed by atoms with Crippen molar-refractivity contribution in [1.82, 2.24) is 9.78 Å². The van der Waals surface area contributed by atoms with E-state index in [1.54, 1.807) is 11.8 Å². The maximum absolute atomic E-state index is 4.74. The molecule has 0 aliphatic heterocycles. The minimum Gasteiger partial charge on any atom is -0.343 e. The monoisotopic (exact) mass is 376 g/mol. The summed E-state index contributed by atoms with van der Waals surface area (Å²) in [5, 5.41) is 4.74. The van der Waals surface area contributed by atoms with E-state index in [2.05, 4.69) is 61.7 Å². The van der Waals surface area contributed by atoms with Crippen molar-refractivity contribution in [3.63, 3.8) is 0 Å². The standard InChI is InChI=1S/C19H24N2S.C4H9.Li/c1-3-17-13-19(16-9-11-18(22-2)12-10-16)21(20-17)14-15-7-5-4-6-8-15;1-3-4-2;/h3,9-13,15H,1,4-8,14H2,2H3;1,3-4H2,2H3;/q;-1;+1. The van der Waals surface area contributed by atoms with E-state index in [1.165, 1.54) is 54.7 Å². The van der Waals surface area contributed by atoms with Crippen molar-refractivity contribution in [2.75, 3.05) is 6.26 Å². The molecule has 2 nitrogen and oxygen atoms in total. The van der Waals surface area contributed by atoms with Crippen LogP contribution in [0.4, 0.5) is 0 Å². The molecule has 0 spiro atoms. The second kappa shape index (κ2) is 13.3. The molecular weight excluding hydrogens is 343 g/mol. The molecule has 0 radical (unpaired) electrons. The number of aromatic nitrogens is 2. The Morgan fingerprint density at radius 3 is 2.37 bits per heavy atom. The van der Waals surface area contributed by atoms with Crippen LogP contribution in [0.15, 0.2) is 41.8 Å². The SMILES string of the molecule is C=Cc1cc(-c2ccc(SC)cc2)n(CC2CCCCC2)n1.[CH2-]CCC.[Li+]. The zero-order chi connectivity index (χ0) is 18.8. The van der Waals surface area contributed by atoms with Crippen LogP contribution in [0, 0.1) is 12.8 Å². The van der Waals surface area contributed by atoms with Crippen LogP contribution in [0.25, 0.3) is 17.3 Å². The molecule has 3 rings (SSSR count). The summed E-state index contributed by atoms with van der Waals surface area (Å²) in [6, 6.07) is 10.9. The summed E-state index contributed by atoms with van der Waals surface area (Å²) in [5.74, 6) is 0.774. The summed E-state index contributed by atoms with van der Waals surface area (Å²) in [7, 11) is 0. The average Bonchev–Trinajstić information content (AvgIpc) is 3.12. The van der Waals surface area contributed by atoms with Crippen LogP contribution in [0.3, 0.4) is 0 Å². The first-order valence-corrected chi connectivity index (χ1v) is 11.1.